The molecule has 0 fully saturated rings. The van der Waals surface area contributed by atoms with Gasteiger partial charge in [-0.3, -0.25) is 9.59 Å². The monoisotopic (exact) mass is 401 g/mol. The average molecular weight is 401 g/mol. The number of hydrogen-bond acceptors (Lipinski definition) is 3. The molecule has 4 nitrogen and oxygen atoms in total. The molecular weight excluding hydrogens is 381 g/mol. The molecule has 0 bridgehead atoms. The summed E-state index contributed by atoms with van der Waals surface area (Å²) in [6, 6.07) is 20.6. The lowest BCUT2D eigenvalue weighted by molar-refractivity contribution is 0.0955. The molecule has 1 amide bonds. The summed E-state index contributed by atoms with van der Waals surface area (Å²) < 4.78 is 19.4. The zero-order valence-electron chi connectivity index (χ0n) is 16.4. The molecule has 0 aliphatic rings. The molecule has 0 radical (unpaired) electrons. The molecular formula is C25H20FNO3. The van der Waals surface area contributed by atoms with E-state index in [4.69, 9.17) is 4.42 Å². The van der Waals surface area contributed by atoms with Crippen LogP contribution in [0.1, 0.15) is 21.5 Å². The van der Waals surface area contributed by atoms with Crippen molar-refractivity contribution in [3.63, 3.8) is 0 Å². The van der Waals surface area contributed by atoms with E-state index < -0.39 is 0 Å². The first-order chi connectivity index (χ1) is 14.5. The van der Waals surface area contributed by atoms with Crippen molar-refractivity contribution >= 4 is 16.9 Å². The molecule has 5 heteroatoms. The summed E-state index contributed by atoms with van der Waals surface area (Å²) in [6.45, 7) is 2.06. The number of carbonyl (C=O) groups is 1. The quantitative estimate of drug-likeness (QED) is 0.519. The minimum absolute atomic E-state index is 0.162. The van der Waals surface area contributed by atoms with E-state index >= 15 is 0 Å². The largest absolute Gasteiger partial charge is 0.455 e. The van der Waals surface area contributed by atoms with Gasteiger partial charge >= 0.3 is 0 Å². The smallest absolute Gasteiger partial charge is 0.255 e. The number of halogens is 1. The second-order valence-electron chi connectivity index (χ2n) is 7.07. The van der Waals surface area contributed by atoms with E-state index in [-0.39, 0.29) is 22.7 Å². The van der Waals surface area contributed by atoms with E-state index in [2.05, 4.69) is 5.32 Å². The first-order valence-corrected chi connectivity index (χ1v) is 9.69. The summed E-state index contributed by atoms with van der Waals surface area (Å²) >= 11 is 0. The van der Waals surface area contributed by atoms with Crippen LogP contribution in [-0.4, -0.2) is 12.5 Å². The van der Waals surface area contributed by atoms with E-state index in [0.29, 0.717) is 35.2 Å². The van der Waals surface area contributed by atoms with E-state index in [1.54, 1.807) is 37.3 Å². The van der Waals surface area contributed by atoms with Crippen molar-refractivity contribution in [1.29, 1.82) is 0 Å². The number of hydrogen-bond donors (Lipinski definition) is 1. The fraction of sp³-hybridized carbons (Fsp3) is 0.120. The fourth-order valence-corrected chi connectivity index (χ4v) is 3.46. The highest BCUT2D eigenvalue weighted by atomic mass is 19.1. The van der Waals surface area contributed by atoms with E-state index in [0.717, 1.165) is 11.1 Å². The molecule has 4 aromatic rings. The van der Waals surface area contributed by atoms with Crippen molar-refractivity contribution in [2.24, 2.45) is 0 Å². The minimum atomic E-state index is -0.344. The third-order valence-corrected chi connectivity index (χ3v) is 5.01. The Hall–Kier alpha value is -3.73. The third kappa shape index (κ3) is 3.87. The van der Waals surface area contributed by atoms with Gasteiger partial charge in [0.1, 0.15) is 11.6 Å². The molecule has 1 aromatic heterocycles. The number of para-hydroxylation sites is 1. The highest BCUT2D eigenvalue weighted by Crippen LogP contribution is 2.27. The van der Waals surface area contributed by atoms with Gasteiger partial charge in [0.2, 0.25) is 0 Å². The van der Waals surface area contributed by atoms with Gasteiger partial charge in [0.25, 0.3) is 5.91 Å². The molecule has 0 atom stereocenters. The van der Waals surface area contributed by atoms with Gasteiger partial charge in [-0.1, -0.05) is 48.5 Å². The zero-order chi connectivity index (χ0) is 21.1. The molecule has 1 heterocycles. The molecule has 0 saturated carbocycles. The van der Waals surface area contributed by atoms with Gasteiger partial charge in [0.15, 0.2) is 11.0 Å². The molecule has 0 unspecified atom stereocenters. The van der Waals surface area contributed by atoms with Crippen molar-refractivity contribution in [2.45, 2.75) is 13.3 Å². The Morgan fingerprint density at radius 2 is 1.77 bits per heavy atom. The maximum atomic E-state index is 13.3. The molecule has 3 aromatic carbocycles. The molecule has 4 rings (SSSR count). The molecule has 0 aliphatic heterocycles. The fourth-order valence-electron chi connectivity index (χ4n) is 3.46. The molecule has 1 N–H and O–H groups in total. The summed E-state index contributed by atoms with van der Waals surface area (Å²) in [5.74, 6) is -0.199. The predicted octanol–water partition coefficient (Wildman–Crippen LogP) is 4.88. The van der Waals surface area contributed by atoms with Gasteiger partial charge in [0, 0.05) is 17.7 Å². The van der Waals surface area contributed by atoms with Crippen LogP contribution in [-0.2, 0) is 6.42 Å². The van der Waals surface area contributed by atoms with Gasteiger partial charge in [-0.05, 0) is 43.2 Å². The topological polar surface area (TPSA) is 59.3 Å². The van der Waals surface area contributed by atoms with Crippen LogP contribution in [0.5, 0.6) is 0 Å². The molecule has 30 heavy (non-hydrogen) atoms. The first-order valence-electron chi connectivity index (χ1n) is 9.69. The summed E-state index contributed by atoms with van der Waals surface area (Å²) in [4.78, 5) is 25.7. The van der Waals surface area contributed by atoms with Crippen molar-refractivity contribution in [2.75, 3.05) is 6.54 Å². The summed E-state index contributed by atoms with van der Waals surface area (Å²) in [5, 5.41) is 3.19. The Kier molecular flexibility index (Phi) is 5.44. The number of benzene rings is 3. The maximum Gasteiger partial charge on any atom is 0.255 e. The van der Waals surface area contributed by atoms with E-state index in [1.807, 2.05) is 30.3 Å². The highest BCUT2D eigenvalue weighted by molar-refractivity contribution is 6.05. The number of nitrogens with one attached hydrogen (secondary N) is 1. The van der Waals surface area contributed by atoms with Crippen LogP contribution in [0.3, 0.4) is 0 Å². The maximum absolute atomic E-state index is 13.3. The summed E-state index contributed by atoms with van der Waals surface area (Å²) in [6.07, 6.45) is 0.493. The molecule has 0 aliphatic carbocycles. The van der Waals surface area contributed by atoms with Crippen LogP contribution in [0.4, 0.5) is 4.39 Å². The SMILES string of the molecule is Cc1c(-c2ccccc2)oc2c(C(=O)NCCc3cccc(F)c3)cccc2c1=O. The van der Waals surface area contributed by atoms with Crippen molar-refractivity contribution in [3.05, 3.63) is 106 Å². The van der Waals surface area contributed by atoms with Crippen LogP contribution >= 0.6 is 0 Å². The number of amides is 1. The van der Waals surface area contributed by atoms with Gasteiger partial charge in [-0.15, -0.1) is 0 Å². The van der Waals surface area contributed by atoms with Gasteiger partial charge in [-0.25, -0.2) is 4.39 Å². The lowest BCUT2D eigenvalue weighted by atomic mass is 10.0. The Morgan fingerprint density at radius 3 is 2.53 bits per heavy atom. The van der Waals surface area contributed by atoms with Crippen molar-refractivity contribution in [1.82, 2.24) is 5.32 Å². The van der Waals surface area contributed by atoms with Crippen molar-refractivity contribution in [3.8, 4) is 11.3 Å². The van der Waals surface area contributed by atoms with Crippen LogP contribution in [0.25, 0.3) is 22.3 Å². The number of rotatable bonds is 5. The van der Waals surface area contributed by atoms with Gasteiger partial charge < -0.3 is 9.73 Å². The zero-order valence-corrected chi connectivity index (χ0v) is 16.4. The Morgan fingerprint density at radius 1 is 1.00 bits per heavy atom. The standard InChI is InChI=1S/C25H20FNO3/c1-16-22(28)20-11-6-12-21(24(20)30-23(16)18-8-3-2-4-9-18)25(29)27-14-13-17-7-5-10-19(26)15-17/h2-12,15H,13-14H2,1H3,(H,27,29). The first kappa shape index (κ1) is 19.6. The lowest BCUT2D eigenvalue weighted by Gasteiger charge is -2.11. The minimum Gasteiger partial charge on any atom is -0.455 e. The Labute approximate surface area is 173 Å². The summed E-state index contributed by atoms with van der Waals surface area (Å²) in [7, 11) is 0. The van der Waals surface area contributed by atoms with Gasteiger partial charge in [0.05, 0.1) is 10.9 Å². The average Bonchev–Trinajstić information content (AvgIpc) is 2.76. The Bertz CT molecular complexity index is 1280. The van der Waals surface area contributed by atoms with Crippen LogP contribution in [0.2, 0.25) is 0 Å². The highest BCUT2D eigenvalue weighted by Gasteiger charge is 2.18. The molecule has 0 saturated heterocycles. The third-order valence-electron chi connectivity index (χ3n) is 5.01. The van der Waals surface area contributed by atoms with Gasteiger partial charge in [-0.2, -0.15) is 0 Å². The van der Waals surface area contributed by atoms with Crippen molar-refractivity contribution < 1.29 is 13.6 Å². The predicted molar refractivity (Wildman–Crippen MR) is 115 cm³/mol. The lowest BCUT2D eigenvalue weighted by Crippen LogP contribution is -2.26. The van der Waals surface area contributed by atoms with E-state index in [1.165, 1.54) is 12.1 Å². The molecule has 150 valence electrons. The van der Waals surface area contributed by atoms with Crippen LogP contribution < -0.4 is 10.7 Å². The normalized spacial score (nSPS) is 10.9. The number of carbonyl (C=O) groups excluding carboxylic acids is 1. The second kappa shape index (κ2) is 8.33. The van der Waals surface area contributed by atoms with Crippen LogP contribution in [0.15, 0.2) is 82.0 Å². The number of fused-ring (bicyclic) bond motifs is 1. The van der Waals surface area contributed by atoms with E-state index in [9.17, 15) is 14.0 Å². The molecule has 0 spiro atoms. The van der Waals surface area contributed by atoms with Crippen LogP contribution in [0, 0.1) is 12.7 Å². The Balaban J connectivity index is 1.66. The summed E-state index contributed by atoms with van der Waals surface area (Å²) in [5.41, 5.74) is 2.45. The second-order valence-corrected chi connectivity index (χ2v) is 7.07.